The fourth-order valence-corrected chi connectivity index (χ4v) is 1.82. The van der Waals surface area contributed by atoms with Gasteiger partial charge in [-0.1, -0.05) is 18.2 Å². The summed E-state index contributed by atoms with van der Waals surface area (Å²) in [4.78, 5) is 0. The average Bonchev–Trinajstić information content (AvgIpc) is 2.76. The molecule has 0 spiro atoms. The second-order valence-electron chi connectivity index (χ2n) is 3.98. The normalized spacial score (nSPS) is 10.1. The minimum atomic E-state index is 0.636. The molecular weight excluding hydrogens is 244 g/mol. The van der Waals surface area contributed by atoms with E-state index in [-0.39, 0.29) is 0 Å². The van der Waals surface area contributed by atoms with Gasteiger partial charge in [0.05, 0.1) is 5.69 Å². The van der Waals surface area contributed by atoms with Gasteiger partial charge in [-0.3, -0.25) is 4.68 Å². The van der Waals surface area contributed by atoms with Crippen molar-refractivity contribution in [1.82, 2.24) is 15.1 Å². The van der Waals surface area contributed by atoms with Gasteiger partial charge in [0.2, 0.25) is 0 Å². The molecule has 1 heterocycles. The van der Waals surface area contributed by atoms with Crippen molar-refractivity contribution in [2.24, 2.45) is 7.05 Å². The topological polar surface area (TPSA) is 41.9 Å². The van der Waals surface area contributed by atoms with Crippen molar-refractivity contribution in [3.05, 3.63) is 48.3 Å². The molecule has 2 rings (SSSR count). The molecule has 5 heteroatoms. The summed E-state index contributed by atoms with van der Waals surface area (Å²) < 4.78 is 1.80. The Hall–Kier alpha value is -1.88. The third-order valence-corrected chi connectivity index (χ3v) is 2.71. The highest BCUT2D eigenvalue weighted by Gasteiger charge is 1.99. The largest absolute Gasteiger partial charge is 0.362 e. The molecule has 0 aliphatic rings. The number of nitrogens with zero attached hydrogens (tertiary/aromatic N) is 2. The first-order valence-corrected chi connectivity index (χ1v) is 6.23. The van der Waals surface area contributed by atoms with Gasteiger partial charge in [-0.15, -0.1) is 0 Å². The van der Waals surface area contributed by atoms with E-state index in [1.165, 1.54) is 0 Å². The lowest BCUT2D eigenvalue weighted by atomic mass is 10.3. The Morgan fingerprint density at radius 3 is 2.72 bits per heavy atom. The van der Waals surface area contributed by atoms with Crippen molar-refractivity contribution in [2.75, 3.05) is 11.9 Å². The smallest absolute Gasteiger partial charge is 0.170 e. The Labute approximate surface area is 112 Å². The van der Waals surface area contributed by atoms with E-state index in [1.54, 1.807) is 4.68 Å². The highest BCUT2D eigenvalue weighted by Crippen LogP contribution is 2.04. The highest BCUT2D eigenvalue weighted by molar-refractivity contribution is 7.80. The summed E-state index contributed by atoms with van der Waals surface area (Å²) in [6.07, 6.45) is 2.80. The summed E-state index contributed by atoms with van der Waals surface area (Å²) >= 11 is 5.21. The van der Waals surface area contributed by atoms with Crippen LogP contribution in [0.1, 0.15) is 5.69 Å². The van der Waals surface area contributed by atoms with Crippen LogP contribution in [-0.4, -0.2) is 21.4 Å². The zero-order valence-electron chi connectivity index (χ0n) is 10.3. The van der Waals surface area contributed by atoms with Crippen LogP contribution in [0, 0.1) is 0 Å². The Morgan fingerprint density at radius 1 is 1.28 bits per heavy atom. The van der Waals surface area contributed by atoms with E-state index in [0.717, 1.165) is 24.3 Å². The van der Waals surface area contributed by atoms with Gasteiger partial charge in [0, 0.05) is 31.9 Å². The van der Waals surface area contributed by atoms with Gasteiger partial charge in [-0.25, -0.2) is 0 Å². The number of aryl methyl sites for hydroxylation is 1. The standard InChI is InChI=1S/C13H16N4S/c1-17-10-8-12(16-17)7-9-14-13(18)15-11-5-3-2-4-6-11/h2-6,8,10H,7,9H2,1H3,(H2,14,15,18). The summed E-state index contributed by atoms with van der Waals surface area (Å²) in [5.41, 5.74) is 2.06. The monoisotopic (exact) mass is 260 g/mol. The minimum absolute atomic E-state index is 0.636. The molecule has 0 bridgehead atoms. The van der Waals surface area contributed by atoms with Crippen LogP contribution in [0.3, 0.4) is 0 Å². The van der Waals surface area contributed by atoms with Crippen LogP contribution < -0.4 is 10.6 Å². The van der Waals surface area contributed by atoms with Gasteiger partial charge in [-0.05, 0) is 30.4 Å². The molecule has 0 fully saturated rings. The molecule has 0 saturated carbocycles. The predicted molar refractivity (Wildman–Crippen MR) is 77.6 cm³/mol. The second kappa shape index (κ2) is 6.16. The Bertz CT molecular complexity index is 507. The van der Waals surface area contributed by atoms with E-state index in [4.69, 9.17) is 12.2 Å². The molecule has 0 unspecified atom stereocenters. The summed E-state index contributed by atoms with van der Waals surface area (Å²) in [6, 6.07) is 11.9. The molecule has 1 aromatic carbocycles. The minimum Gasteiger partial charge on any atom is -0.362 e. The van der Waals surface area contributed by atoms with Crippen molar-refractivity contribution in [2.45, 2.75) is 6.42 Å². The SMILES string of the molecule is Cn1ccc(CCNC(=S)Nc2ccccc2)n1. The Kier molecular flexibility index (Phi) is 4.30. The molecule has 1 aromatic heterocycles. The lowest BCUT2D eigenvalue weighted by molar-refractivity contribution is 0.731. The number of hydrogen-bond donors (Lipinski definition) is 2. The van der Waals surface area contributed by atoms with E-state index in [9.17, 15) is 0 Å². The van der Waals surface area contributed by atoms with Crippen molar-refractivity contribution in [3.63, 3.8) is 0 Å². The number of anilines is 1. The molecule has 18 heavy (non-hydrogen) atoms. The van der Waals surface area contributed by atoms with Gasteiger partial charge in [0.15, 0.2) is 5.11 Å². The molecule has 4 nitrogen and oxygen atoms in total. The molecule has 0 radical (unpaired) electrons. The fourth-order valence-electron chi connectivity index (χ4n) is 1.60. The van der Waals surface area contributed by atoms with Crippen LogP contribution >= 0.6 is 12.2 Å². The number of aromatic nitrogens is 2. The summed E-state index contributed by atoms with van der Waals surface area (Å²) in [6.45, 7) is 0.773. The van der Waals surface area contributed by atoms with Crippen molar-refractivity contribution in [3.8, 4) is 0 Å². The zero-order valence-corrected chi connectivity index (χ0v) is 11.1. The zero-order chi connectivity index (χ0) is 12.8. The van der Waals surface area contributed by atoms with Gasteiger partial charge >= 0.3 is 0 Å². The molecule has 2 N–H and O–H groups in total. The van der Waals surface area contributed by atoms with Crippen LogP contribution in [0.25, 0.3) is 0 Å². The summed E-state index contributed by atoms with van der Waals surface area (Å²) in [5, 5.41) is 11.2. The Morgan fingerprint density at radius 2 is 2.06 bits per heavy atom. The maximum Gasteiger partial charge on any atom is 0.170 e. The predicted octanol–water partition coefficient (Wildman–Crippen LogP) is 1.95. The van der Waals surface area contributed by atoms with Crippen molar-refractivity contribution < 1.29 is 0 Å². The van der Waals surface area contributed by atoms with Crippen LogP contribution in [0.15, 0.2) is 42.6 Å². The van der Waals surface area contributed by atoms with Gasteiger partial charge < -0.3 is 10.6 Å². The molecule has 2 aromatic rings. The Balaban J connectivity index is 1.72. The average molecular weight is 260 g/mol. The number of benzene rings is 1. The molecule has 94 valence electrons. The third-order valence-electron chi connectivity index (χ3n) is 2.47. The number of thiocarbonyl (C=S) groups is 1. The summed E-state index contributed by atoms with van der Waals surface area (Å²) in [7, 11) is 1.92. The molecular formula is C13H16N4S. The van der Waals surface area contributed by atoms with Crippen molar-refractivity contribution >= 4 is 23.0 Å². The van der Waals surface area contributed by atoms with E-state index in [2.05, 4.69) is 15.7 Å². The maximum absolute atomic E-state index is 5.21. The lowest BCUT2D eigenvalue weighted by Crippen LogP contribution is -2.30. The summed E-state index contributed by atoms with van der Waals surface area (Å²) in [5.74, 6) is 0. The molecule has 0 aliphatic carbocycles. The molecule has 0 amide bonds. The fraction of sp³-hybridized carbons (Fsp3) is 0.231. The first-order valence-electron chi connectivity index (χ1n) is 5.82. The molecule has 0 atom stereocenters. The molecule has 0 aliphatic heterocycles. The quantitative estimate of drug-likeness (QED) is 0.825. The highest BCUT2D eigenvalue weighted by atomic mass is 32.1. The number of para-hydroxylation sites is 1. The van der Waals surface area contributed by atoms with E-state index in [0.29, 0.717) is 5.11 Å². The van der Waals surface area contributed by atoms with E-state index >= 15 is 0 Å². The third kappa shape index (κ3) is 3.85. The van der Waals surface area contributed by atoms with Crippen LogP contribution in [0.2, 0.25) is 0 Å². The first-order chi connectivity index (χ1) is 8.74. The molecule has 0 saturated heterocycles. The van der Waals surface area contributed by atoms with Crippen molar-refractivity contribution in [1.29, 1.82) is 0 Å². The van der Waals surface area contributed by atoms with E-state index in [1.807, 2.05) is 49.6 Å². The number of hydrogen-bond acceptors (Lipinski definition) is 2. The lowest BCUT2D eigenvalue weighted by Gasteiger charge is -2.09. The maximum atomic E-state index is 5.21. The van der Waals surface area contributed by atoms with Gasteiger partial charge in [0.25, 0.3) is 0 Å². The number of rotatable bonds is 4. The van der Waals surface area contributed by atoms with Gasteiger partial charge in [0.1, 0.15) is 0 Å². The second-order valence-corrected chi connectivity index (χ2v) is 4.39. The van der Waals surface area contributed by atoms with Crippen LogP contribution in [-0.2, 0) is 13.5 Å². The van der Waals surface area contributed by atoms with Crippen LogP contribution in [0.5, 0.6) is 0 Å². The van der Waals surface area contributed by atoms with Gasteiger partial charge in [-0.2, -0.15) is 5.10 Å². The number of nitrogens with one attached hydrogen (secondary N) is 2. The first kappa shape index (κ1) is 12.6. The van der Waals surface area contributed by atoms with Crippen LogP contribution in [0.4, 0.5) is 5.69 Å². The van der Waals surface area contributed by atoms with E-state index < -0.39 is 0 Å².